The van der Waals surface area contributed by atoms with E-state index in [9.17, 15) is 0 Å². The van der Waals surface area contributed by atoms with Crippen LogP contribution in [0, 0.1) is 5.82 Å². The van der Waals surface area contributed by atoms with Gasteiger partial charge in [0.25, 0.3) is 0 Å². The Labute approximate surface area is 230 Å². The number of piperidine rings is 1. The summed E-state index contributed by atoms with van der Waals surface area (Å²) in [6, 6.07) is 17.5. The van der Waals surface area contributed by atoms with E-state index in [0.29, 0.717) is 34.7 Å². The molecule has 0 unspecified atom stereocenters. The highest BCUT2D eigenvalue weighted by Crippen LogP contribution is 2.34. The molecule has 1 fully saturated rings. The van der Waals surface area contributed by atoms with Crippen molar-refractivity contribution in [1.29, 1.82) is 0 Å². The third-order valence-corrected chi connectivity index (χ3v) is 7.52. The van der Waals surface area contributed by atoms with E-state index in [-0.39, 0.29) is 5.82 Å². The van der Waals surface area contributed by atoms with Crippen LogP contribution >= 0.6 is 0 Å². The summed E-state index contributed by atoms with van der Waals surface area (Å²) in [6.07, 6.45) is 8.89. The zero-order chi connectivity index (χ0) is 26.9. The third kappa shape index (κ3) is 4.69. The summed E-state index contributed by atoms with van der Waals surface area (Å²) in [5, 5.41) is 11.7. The number of aromatic amines is 2. The molecule has 4 aromatic heterocycles. The molecule has 1 aliphatic rings. The number of imidazole rings is 1. The maximum Gasteiger partial charge on any atom is 0.159 e. The Morgan fingerprint density at radius 1 is 0.900 bits per heavy atom. The fourth-order valence-electron chi connectivity index (χ4n) is 5.49. The number of fused-ring (bicyclic) bond motifs is 2. The smallest absolute Gasteiger partial charge is 0.159 e. The van der Waals surface area contributed by atoms with E-state index in [1.54, 1.807) is 6.20 Å². The molecule has 40 heavy (non-hydrogen) atoms. The summed E-state index contributed by atoms with van der Waals surface area (Å²) < 4.78 is 15.3. The van der Waals surface area contributed by atoms with Gasteiger partial charge >= 0.3 is 0 Å². The molecule has 8 nitrogen and oxygen atoms in total. The molecule has 1 saturated heterocycles. The number of benzene rings is 2. The number of nitrogens with one attached hydrogen (secondary N) is 3. The van der Waals surface area contributed by atoms with Crippen LogP contribution in [0.5, 0.6) is 0 Å². The maximum absolute atomic E-state index is 15.3. The van der Waals surface area contributed by atoms with E-state index in [2.05, 4.69) is 47.5 Å². The van der Waals surface area contributed by atoms with Gasteiger partial charge in [0.05, 0.1) is 11.0 Å². The van der Waals surface area contributed by atoms with Gasteiger partial charge in [-0.1, -0.05) is 30.3 Å². The monoisotopic (exact) mass is 532 g/mol. The number of halogens is 1. The number of rotatable bonds is 7. The third-order valence-electron chi connectivity index (χ3n) is 7.52. The van der Waals surface area contributed by atoms with Crippen LogP contribution in [0.1, 0.15) is 30.4 Å². The average molecular weight is 533 g/mol. The van der Waals surface area contributed by atoms with E-state index in [1.165, 1.54) is 18.1 Å². The fourth-order valence-corrected chi connectivity index (χ4v) is 5.49. The van der Waals surface area contributed by atoms with Crippen molar-refractivity contribution in [2.75, 3.05) is 18.0 Å². The number of hydrogen-bond acceptors (Lipinski definition) is 6. The van der Waals surface area contributed by atoms with E-state index in [1.807, 2.05) is 48.8 Å². The van der Waals surface area contributed by atoms with Gasteiger partial charge in [-0.2, -0.15) is 5.10 Å². The number of H-pyrrole nitrogens is 2. The van der Waals surface area contributed by atoms with Crippen LogP contribution in [0.3, 0.4) is 0 Å². The largest absolute Gasteiger partial charge is 0.355 e. The molecule has 0 aliphatic carbocycles. The van der Waals surface area contributed by atoms with Gasteiger partial charge in [-0.15, -0.1) is 0 Å². The fraction of sp³-hybridized carbons (Fsp3) is 0.226. The lowest BCUT2D eigenvalue weighted by Crippen LogP contribution is -2.30. The summed E-state index contributed by atoms with van der Waals surface area (Å²) in [5.41, 5.74) is 6.37. The van der Waals surface area contributed by atoms with Gasteiger partial charge in [-0.3, -0.25) is 10.1 Å². The second-order valence-corrected chi connectivity index (χ2v) is 10.3. The SMILES string of the molecule is Fc1cc2[nH]nc(-c3nc4c(N5CCCCC5)nccc4[nH]3)c2cc1-c1cncc(CNCc2ccccc2)c1. The summed E-state index contributed by atoms with van der Waals surface area (Å²) in [7, 11) is 0. The minimum Gasteiger partial charge on any atom is -0.355 e. The molecular weight excluding hydrogens is 503 g/mol. The highest BCUT2D eigenvalue weighted by molar-refractivity contribution is 5.97. The average Bonchev–Trinajstić information content (AvgIpc) is 3.61. The molecule has 0 bridgehead atoms. The molecule has 200 valence electrons. The van der Waals surface area contributed by atoms with Crippen molar-refractivity contribution in [3.05, 3.63) is 90.1 Å². The Morgan fingerprint density at radius 3 is 2.62 bits per heavy atom. The lowest BCUT2D eigenvalue weighted by Gasteiger charge is -2.27. The Balaban J connectivity index is 1.20. The van der Waals surface area contributed by atoms with Crippen LogP contribution in [-0.4, -0.2) is 43.2 Å². The highest BCUT2D eigenvalue weighted by atomic mass is 19.1. The molecule has 7 rings (SSSR count). The highest BCUT2D eigenvalue weighted by Gasteiger charge is 2.20. The number of nitrogens with zero attached hydrogens (tertiary/aromatic N) is 5. The molecule has 0 spiro atoms. The van der Waals surface area contributed by atoms with E-state index >= 15 is 4.39 Å². The molecule has 0 atom stereocenters. The summed E-state index contributed by atoms with van der Waals surface area (Å²) in [5.74, 6) is 1.19. The van der Waals surface area contributed by atoms with Crippen LogP contribution in [0.4, 0.5) is 10.2 Å². The van der Waals surface area contributed by atoms with Gasteiger partial charge in [0, 0.05) is 67.3 Å². The Kier molecular flexibility index (Phi) is 6.41. The first kappa shape index (κ1) is 24.4. The number of anilines is 1. The minimum absolute atomic E-state index is 0.333. The Hall–Kier alpha value is -4.63. The molecule has 3 N–H and O–H groups in total. The standard InChI is InChI=1S/C31H29FN8/c32-25-15-27-24(14-23(25)22-13-21(18-34-19-22)17-33-16-20-7-3-1-4-8-20)28(39-38-27)30-36-26-9-10-35-31(29(26)37-30)40-11-5-2-6-12-40/h1,3-4,7-10,13-15,18-19,33H,2,5-6,11-12,16-17H2,(H,36,37)(H,38,39). The van der Waals surface area contributed by atoms with Gasteiger partial charge in [-0.25, -0.2) is 14.4 Å². The van der Waals surface area contributed by atoms with Gasteiger partial charge < -0.3 is 15.2 Å². The van der Waals surface area contributed by atoms with E-state index < -0.39 is 0 Å². The van der Waals surface area contributed by atoms with Crippen molar-refractivity contribution < 1.29 is 4.39 Å². The van der Waals surface area contributed by atoms with Gasteiger partial charge in [0.15, 0.2) is 11.6 Å². The normalized spacial score (nSPS) is 13.9. The number of pyridine rings is 2. The van der Waals surface area contributed by atoms with Crippen molar-refractivity contribution in [2.45, 2.75) is 32.4 Å². The zero-order valence-corrected chi connectivity index (χ0v) is 22.0. The molecule has 2 aromatic carbocycles. The van der Waals surface area contributed by atoms with Crippen molar-refractivity contribution in [1.82, 2.24) is 35.5 Å². The lowest BCUT2D eigenvalue weighted by molar-refractivity contribution is 0.574. The van der Waals surface area contributed by atoms with Crippen LogP contribution in [0.15, 0.2) is 73.2 Å². The van der Waals surface area contributed by atoms with E-state index in [4.69, 9.17) is 4.98 Å². The topological polar surface area (TPSA) is 98.4 Å². The van der Waals surface area contributed by atoms with Crippen molar-refractivity contribution in [3.63, 3.8) is 0 Å². The first-order valence-corrected chi connectivity index (χ1v) is 13.7. The second-order valence-electron chi connectivity index (χ2n) is 10.3. The molecule has 0 amide bonds. The first-order chi connectivity index (χ1) is 19.7. The zero-order valence-electron chi connectivity index (χ0n) is 22.0. The maximum atomic E-state index is 15.3. The molecule has 9 heteroatoms. The lowest BCUT2D eigenvalue weighted by atomic mass is 10.0. The Morgan fingerprint density at radius 2 is 1.75 bits per heavy atom. The number of hydrogen-bond donors (Lipinski definition) is 3. The molecule has 6 aromatic rings. The van der Waals surface area contributed by atoms with Crippen LogP contribution in [0.2, 0.25) is 0 Å². The first-order valence-electron chi connectivity index (χ1n) is 13.7. The molecule has 0 radical (unpaired) electrons. The van der Waals surface area contributed by atoms with Crippen LogP contribution < -0.4 is 10.2 Å². The predicted molar refractivity (Wildman–Crippen MR) is 155 cm³/mol. The van der Waals surface area contributed by atoms with Gasteiger partial charge in [-0.05, 0) is 48.6 Å². The van der Waals surface area contributed by atoms with Crippen molar-refractivity contribution in [3.8, 4) is 22.6 Å². The molecule has 1 aliphatic heterocycles. The van der Waals surface area contributed by atoms with Gasteiger partial charge in [0.2, 0.25) is 0 Å². The van der Waals surface area contributed by atoms with Crippen molar-refractivity contribution >= 4 is 27.8 Å². The van der Waals surface area contributed by atoms with E-state index in [0.717, 1.165) is 60.3 Å². The van der Waals surface area contributed by atoms with Crippen LogP contribution in [0.25, 0.3) is 44.6 Å². The Bertz CT molecular complexity index is 1790. The minimum atomic E-state index is -0.333. The predicted octanol–water partition coefficient (Wildman–Crippen LogP) is 5.98. The summed E-state index contributed by atoms with van der Waals surface area (Å²) in [6.45, 7) is 3.34. The second kappa shape index (κ2) is 10.5. The van der Waals surface area contributed by atoms with Crippen molar-refractivity contribution in [2.24, 2.45) is 0 Å². The number of aromatic nitrogens is 6. The molecule has 0 saturated carbocycles. The molecular formula is C31H29FN8. The molecule has 5 heterocycles. The quantitative estimate of drug-likeness (QED) is 0.234. The summed E-state index contributed by atoms with van der Waals surface area (Å²) >= 11 is 0. The summed E-state index contributed by atoms with van der Waals surface area (Å²) in [4.78, 5) is 19.7. The van der Waals surface area contributed by atoms with Gasteiger partial charge in [0.1, 0.15) is 17.0 Å². The van der Waals surface area contributed by atoms with Crippen LogP contribution in [-0.2, 0) is 13.1 Å².